The molecule has 0 saturated carbocycles. The van der Waals surface area contributed by atoms with Crippen molar-refractivity contribution >= 4 is 43.2 Å². The Bertz CT molecular complexity index is 1260. The average molecular weight is 513 g/mol. The molecular weight excluding hydrogens is 488 g/mol. The minimum absolute atomic E-state index is 0.0342. The maximum Gasteiger partial charge on any atom is 0.264 e. The van der Waals surface area contributed by atoms with E-state index in [1.165, 1.54) is 16.9 Å². The van der Waals surface area contributed by atoms with Crippen molar-refractivity contribution in [2.45, 2.75) is 37.6 Å². The van der Waals surface area contributed by atoms with Crippen LogP contribution in [0.2, 0.25) is 0 Å². The molecule has 0 aromatic heterocycles. The second-order valence-corrected chi connectivity index (χ2v) is 11.1. The summed E-state index contributed by atoms with van der Waals surface area (Å²) in [7, 11) is -2.11. The molecule has 4 rings (SSSR count). The molecule has 1 aliphatic heterocycles. The van der Waals surface area contributed by atoms with Crippen LogP contribution in [0, 0.1) is 6.92 Å². The Hall–Kier alpha value is -2.64. The lowest BCUT2D eigenvalue weighted by molar-refractivity contribution is -0.118. The number of hydrogen-bond acceptors (Lipinski definition) is 3. The summed E-state index contributed by atoms with van der Waals surface area (Å²) in [6, 6.07) is 20.0. The van der Waals surface area contributed by atoms with Gasteiger partial charge in [-0.3, -0.25) is 9.10 Å². The molecule has 32 heavy (non-hydrogen) atoms. The SMILES string of the molecule is Cc1ccc(S(=O)(=O)N(C)c2ccc(CC(=O)N3c4ccc(Br)cc4C[C@@H]3C)cc2)cc1. The van der Waals surface area contributed by atoms with Crippen LogP contribution in [-0.2, 0) is 27.7 Å². The minimum Gasteiger partial charge on any atom is -0.309 e. The lowest BCUT2D eigenvalue weighted by Crippen LogP contribution is -2.36. The third-order valence-corrected chi connectivity index (χ3v) is 8.15. The zero-order valence-corrected chi connectivity index (χ0v) is 20.7. The van der Waals surface area contributed by atoms with Crippen LogP contribution in [-0.4, -0.2) is 27.4 Å². The molecule has 166 valence electrons. The number of rotatable bonds is 5. The van der Waals surface area contributed by atoms with Crippen molar-refractivity contribution in [1.29, 1.82) is 0 Å². The van der Waals surface area contributed by atoms with Gasteiger partial charge in [-0.25, -0.2) is 8.42 Å². The molecular formula is C25H25BrN2O3S. The molecule has 7 heteroatoms. The Morgan fingerprint density at radius 1 is 1.06 bits per heavy atom. The Labute approximate surface area is 197 Å². The number of hydrogen-bond donors (Lipinski definition) is 0. The standard InChI is InChI=1S/C25H25BrN2O3S/c1-17-4-11-23(12-5-17)32(30,31)27(3)22-9-6-19(7-10-22)15-25(29)28-18(2)14-20-16-21(26)8-13-24(20)28/h4-13,16,18H,14-15H2,1-3H3/t18-/m0/s1. The predicted molar refractivity (Wildman–Crippen MR) is 132 cm³/mol. The van der Waals surface area contributed by atoms with E-state index in [-0.39, 0.29) is 23.3 Å². The molecule has 1 aliphatic rings. The lowest BCUT2D eigenvalue weighted by Gasteiger charge is -2.23. The third-order valence-electron chi connectivity index (χ3n) is 5.86. The third kappa shape index (κ3) is 4.32. The molecule has 0 fully saturated rings. The van der Waals surface area contributed by atoms with Gasteiger partial charge in [0.1, 0.15) is 0 Å². The van der Waals surface area contributed by atoms with Crippen LogP contribution in [0.15, 0.2) is 76.1 Å². The molecule has 0 saturated heterocycles. The summed E-state index contributed by atoms with van der Waals surface area (Å²) in [4.78, 5) is 15.2. The highest BCUT2D eigenvalue weighted by Crippen LogP contribution is 2.34. The van der Waals surface area contributed by atoms with Crippen LogP contribution >= 0.6 is 15.9 Å². The number of carbonyl (C=O) groups is 1. The van der Waals surface area contributed by atoms with Crippen molar-refractivity contribution in [2.24, 2.45) is 0 Å². The monoisotopic (exact) mass is 512 g/mol. The average Bonchev–Trinajstić information content (AvgIpc) is 3.08. The molecule has 0 radical (unpaired) electrons. The van der Waals surface area contributed by atoms with E-state index in [0.717, 1.165) is 27.7 Å². The van der Waals surface area contributed by atoms with Gasteiger partial charge in [0.2, 0.25) is 5.91 Å². The van der Waals surface area contributed by atoms with E-state index in [9.17, 15) is 13.2 Å². The molecule has 0 spiro atoms. The zero-order valence-electron chi connectivity index (χ0n) is 18.2. The van der Waals surface area contributed by atoms with Crippen molar-refractivity contribution < 1.29 is 13.2 Å². The van der Waals surface area contributed by atoms with E-state index in [4.69, 9.17) is 0 Å². The van der Waals surface area contributed by atoms with Crippen molar-refractivity contribution in [3.8, 4) is 0 Å². The maximum absolute atomic E-state index is 13.1. The molecule has 3 aromatic carbocycles. The van der Waals surface area contributed by atoms with Crippen LogP contribution in [0.4, 0.5) is 11.4 Å². The van der Waals surface area contributed by atoms with E-state index in [2.05, 4.69) is 28.9 Å². The Morgan fingerprint density at radius 2 is 1.72 bits per heavy atom. The van der Waals surface area contributed by atoms with E-state index < -0.39 is 10.0 Å². The van der Waals surface area contributed by atoms with Gasteiger partial charge in [0, 0.05) is 23.2 Å². The summed E-state index contributed by atoms with van der Waals surface area (Å²) in [6.07, 6.45) is 1.09. The number of amides is 1. The summed E-state index contributed by atoms with van der Waals surface area (Å²) >= 11 is 3.50. The minimum atomic E-state index is -3.65. The maximum atomic E-state index is 13.1. The number of halogens is 1. The first-order valence-electron chi connectivity index (χ1n) is 10.4. The number of fused-ring (bicyclic) bond motifs is 1. The summed E-state index contributed by atoms with van der Waals surface area (Å²) in [6.45, 7) is 3.97. The molecule has 1 amide bonds. The number of aryl methyl sites for hydroxylation is 1. The normalized spacial score (nSPS) is 15.5. The van der Waals surface area contributed by atoms with Gasteiger partial charge in [-0.1, -0.05) is 45.8 Å². The fourth-order valence-corrected chi connectivity index (χ4v) is 5.67. The lowest BCUT2D eigenvalue weighted by atomic mass is 10.1. The predicted octanol–water partition coefficient (Wildman–Crippen LogP) is 5.10. The number of carbonyl (C=O) groups excluding carboxylic acids is 1. The van der Waals surface area contributed by atoms with Crippen molar-refractivity contribution in [3.05, 3.63) is 87.9 Å². The van der Waals surface area contributed by atoms with Gasteiger partial charge in [0.25, 0.3) is 10.0 Å². The molecule has 3 aromatic rings. The van der Waals surface area contributed by atoms with Gasteiger partial charge < -0.3 is 4.90 Å². The quantitative estimate of drug-likeness (QED) is 0.477. The highest BCUT2D eigenvalue weighted by atomic mass is 79.9. The highest BCUT2D eigenvalue weighted by molar-refractivity contribution is 9.10. The van der Waals surface area contributed by atoms with Gasteiger partial charge in [-0.2, -0.15) is 0 Å². The van der Waals surface area contributed by atoms with E-state index >= 15 is 0 Å². The topological polar surface area (TPSA) is 57.7 Å². The van der Waals surface area contributed by atoms with Gasteiger partial charge in [0.15, 0.2) is 0 Å². The molecule has 0 N–H and O–H groups in total. The van der Waals surface area contributed by atoms with E-state index in [1.54, 1.807) is 36.4 Å². The molecule has 0 aliphatic carbocycles. The fourth-order valence-electron chi connectivity index (χ4n) is 4.07. The van der Waals surface area contributed by atoms with Crippen molar-refractivity contribution in [1.82, 2.24) is 0 Å². The van der Waals surface area contributed by atoms with Gasteiger partial charge in [-0.15, -0.1) is 0 Å². The van der Waals surface area contributed by atoms with Gasteiger partial charge >= 0.3 is 0 Å². The van der Waals surface area contributed by atoms with E-state index in [1.807, 2.05) is 36.1 Å². The second kappa shape index (κ2) is 8.71. The van der Waals surface area contributed by atoms with Crippen molar-refractivity contribution in [2.75, 3.05) is 16.3 Å². The molecule has 0 bridgehead atoms. The second-order valence-electron chi connectivity index (χ2n) is 8.22. The Morgan fingerprint density at radius 3 is 2.38 bits per heavy atom. The number of anilines is 2. The first kappa shape index (κ1) is 22.6. The molecule has 1 atom stereocenters. The molecule has 0 unspecified atom stereocenters. The smallest absolute Gasteiger partial charge is 0.264 e. The summed E-state index contributed by atoms with van der Waals surface area (Å²) in [5, 5.41) is 0. The van der Waals surface area contributed by atoms with Crippen LogP contribution in [0.3, 0.4) is 0 Å². The summed E-state index contributed by atoms with van der Waals surface area (Å²) in [5.41, 5.74) is 4.53. The Balaban J connectivity index is 1.50. The van der Waals surface area contributed by atoms with Crippen LogP contribution in [0.1, 0.15) is 23.6 Å². The zero-order chi connectivity index (χ0) is 23.0. The number of nitrogens with zero attached hydrogens (tertiary/aromatic N) is 2. The number of benzene rings is 3. The first-order valence-corrected chi connectivity index (χ1v) is 12.6. The van der Waals surface area contributed by atoms with Crippen molar-refractivity contribution in [3.63, 3.8) is 0 Å². The van der Waals surface area contributed by atoms with Crippen LogP contribution in [0.5, 0.6) is 0 Å². The van der Waals surface area contributed by atoms with Crippen LogP contribution in [0.25, 0.3) is 0 Å². The first-order chi connectivity index (χ1) is 15.2. The summed E-state index contributed by atoms with van der Waals surface area (Å²) in [5.74, 6) is 0.0342. The molecule has 5 nitrogen and oxygen atoms in total. The summed E-state index contributed by atoms with van der Waals surface area (Å²) < 4.78 is 28.1. The van der Waals surface area contributed by atoms with Gasteiger partial charge in [0.05, 0.1) is 17.0 Å². The highest BCUT2D eigenvalue weighted by Gasteiger charge is 2.31. The molecule has 1 heterocycles. The Kier molecular flexibility index (Phi) is 6.14. The van der Waals surface area contributed by atoms with Gasteiger partial charge in [-0.05, 0) is 73.9 Å². The number of sulfonamides is 1. The largest absolute Gasteiger partial charge is 0.309 e. The van der Waals surface area contributed by atoms with E-state index in [0.29, 0.717) is 5.69 Å². The van der Waals surface area contributed by atoms with Crippen LogP contribution < -0.4 is 9.21 Å². The fraction of sp³-hybridized carbons (Fsp3) is 0.240.